The summed E-state index contributed by atoms with van der Waals surface area (Å²) in [4.78, 5) is 38.8. The average molecular weight is 358 g/mol. The van der Waals surface area contributed by atoms with Crippen LogP contribution in [-0.4, -0.2) is 36.8 Å². The van der Waals surface area contributed by atoms with E-state index in [2.05, 4.69) is 5.32 Å². The van der Waals surface area contributed by atoms with Crippen molar-refractivity contribution in [3.8, 4) is 5.75 Å². The highest BCUT2D eigenvalue weighted by molar-refractivity contribution is 7.12. The van der Waals surface area contributed by atoms with Gasteiger partial charge in [0.15, 0.2) is 6.61 Å². The van der Waals surface area contributed by atoms with Crippen molar-refractivity contribution in [3.63, 3.8) is 0 Å². The minimum atomic E-state index is -0.313. The molecule has 0 aliphatic carbocycles. The summed E-state index contributed by atoms with van der Waals surface area (Å²) in [6, 6.07) is 8.48. The predicted octanol–water partition coefficient (Wildman–Crippen LogP) is 2.23. The summed E-state index contributed by atoms with van der Waals surface area (Å²) in [5.41, 5.74) is 0.895. The monoisotopic (exact) mass is 358 g/mol. The van der Waals surface area contributed by atoms with Gasteiger partial charge in [0.1, 0.15) is 12.3 Å². The van der Waals surface area contributed by atoms with Crippen molar-refractivity contribution in [3.05, 3.63) is 46.2 Å². The Bertz CT molecular complexity index is 814. The van der Waals surface area contributed by atoms with Gasteiger partial charge >= 0.3 is 0 Å². The molecular formula is C18H18N2O4S. The largest absolute Gasteiger partial charge is 0.482 e. The van der Waals surface area contributed by atoms with Crippen LogP contribution in [0.5, 0.6) is 5.75 Å². The lowest BCUT2D eigenvalue weighted by molar-refractivity contribution is -0.125. The quantitative estimate of drug-likeness (QED) is 0.832. The van der Waals surface area contributed by atoms with E-state index in [0.29, 0.717) is 21.9 Å². The van der Waals surface area contributed by atoms with Crippen molar-refractivity contribution in [1.82, 2.24) is 5.32 Å². The third-order valence-electron chi connectivity index (χ3n) is 3.66. The smallest absolute Gasteiger partial charge is 0.265 e. The fraction of sp³-hybridized carbons (Fsp3) is 0.278. The van der Waals surface area contributed by atoms with Crippen LogP contribution >= 0.6 is 11.3 Å². The van der Waals surface area contributed by atoms with Crippen molar-refractivity contribution in [2.45, 2.75) is 19.9 Å². The maximum atomic E-state index is 12.5. The third-order valence-corrected chi connectivity index (χ3v) is 4.53. The van der Waals surface area contributed by atoms with Crippen molar-refractivity contribution >= 4 is 34.6 Å². The Hall–Kier alpha value is -2.67. The zero-order chi connectivity index (χ0) is 18.0. The van der Waals surface area contributed by atoms with Crippen LogP contribution in [0.3, 0.4) is 0 Å². The number of hydrogen-bond acceptors (Lipinski definition) is 5. The Labute approximate surface area is 149 Å². The second kappa shape index (κ2) is 7.06. The fourth-order valence-corrected chi connectivity index (χ4v) is 3.26. The summed E-state index contributed by atoms with van der Waals surface area (Å²) in [5, 5.41) is 4.60. The Morgan fingerprint density at radius 3 is 2.80 bits per heavy atom. The molecule has 0 atom stereocenters. The molecule has 3 rings (SSSR count). The molecule has 0 spiro atoms. The van der Waals surface area contributed by atoms with Crippen molar-refractivity contribution in [1.29, 1.82) is 0 Å². The zero-order valence-corrected chi connectivity index (χ0v) is 14.8. The highest BCUT2D eigenvalue weighted by Crippen LogP contribution is 2.33. The Kier molecular flexibility index (Phi) is 4.85. The number of fused-ring (bicyclic) bond motifs is 1. The van der Waals surface area contributed by atoms with E-state index in [1.807, 2.05) is 25.3 Å². The van der Waals surface area contributed by atoms with Crippen molar-refractivity contribution < 1.29 is 19.1 Å². The van der Waals surface area contributed by atoms with Gasteiger partial charge in [-0.15, -0.1) is 11.3 Å². The molecule has 130 valence electrons. The molecule has 0 saturated heterocycles. The first-order valence-electron chi connectivity index (χ1n) is 7.90. The van der Waals surface area contributed by atoms with E-state index in [1.165, 1.54) is 16.2 Å². The highest BCUT2D eigenvalue weighted by atomic mass is 32.1. The summed E-state index contributed by atoms with van der Waals surface area (Å²) in [7, 11) is 0. The van der Waals surface area contributed by atoms with Gasteiger partial charge in [-0.2, -0.15) is 0 Å². The van der Waals surface area contributed by atoms with Crippen LogP contribution in [0.15, 0.2) is 35.7 Å². The topological polar surface area (TPSA) is 75.7 Å². The fourth-order valence-electron chi connectivity index (χ4n) is 2.58. The number of hydrogen-bond donors (Lipinski definition) is 1. The van der Waals surface area contributed by atoms with Gasteiger partial charge in [-0.1, -0.05) is 6.07 Å². The number of ether oxygens (including phenoxy) is 1. The minimum Gasteiger partial charge on any atom is -0.482 e. The van der Waals surface area contributed by atoms with Crippen LogP contribution in [0, 0.1) is 0 Å². The number of nitrogens with one attached hydrogen (secondary N) is 1. The Morgan fingerprint density at radius 2 is 2.12 bits per heavy atom. The van der Waals surface area contributed by atoms with Gasteiger partial charge in [0.05, 0.1) is 10.6 Å². The van der Waals surface area contributed by atoms with Crippen LogP contribution in [0.25, 0.3) is 0 Å². The van der Waals surface area contributed by atoms with E-state index in [9.17, 15) is 14.4 Å². The molecule has 1 N–H and O–H groups in total. The molecule has 25 heavy (non-hydrogen) atoms. The molecule has 1 aliphatic heterocycles. The molecular weight excluding hydrogens is 340 g/mol. The molecule has 0 radical (unpaired) electrons. The number of rotatable bonds is 5. The van der Waals surface area contributed by atoms with E-state index in [-0.39, 0.29) is 36.8 Å². The van der Waals surface area contributed by atoms with Gasteiger partial charge in [0, 0.05) is 11.6 Å². The number of benzene rings is 1. The minimum absolute atomic E-state index is 0.0187. The molecule has 0 bridgehead atoms. The zero-order valence-electron chi connectivity index (χ0n) is 13.9. The van der Waals surface area contributed by atoms with Crippen LogP contribution in [0.4, 0.5) is 5.69 Å². The summed E-state index contributed by atoms with van der Waals surface area (Å²) >= 11 is 1.36. The molecule has 2 aromatic rings. The molecule has 1 aromatic heterocycles. The van der Waals surface area contributed by atoms with Crippen molar-refractivity contribution in [2.24, 2.45) is 0 Å². The Balaban J connectivity index is 1.91. The molecule has 1 aliphatic rings. The third kappa shape index (κ3) is 3.71. The SMILES string of the molecule is CC(C)NC(=O)CN1C(=O)COc2ccc(C(=O)c3cccs3)cc21. The number of nitrogens with zero attached hydrogens (tertiary/aromatic N) is 1. The van der Waals surface area contributed by atoms with Crippen LogP contribution in [-0.2, 0) is 9.59 Å². The lowest BCUT2D eigenvalue weighted by Crippen LogP contribution is -2.46. The number of carbonyl (C=O) groups excluding carboxylic acids is 3. The first kappa shape index (κ1) is 17.2. The Morgan fingerprint density at radius 1 is 1.32 bits per heavy atom. The van der Waals surface area contributed by atoms with E-state index in [0.717, 1.165) is 0 Å². The molecule has 6 nitrogen and oxygen atoms in total. The summed E-state index contributed by atoms with van der Waals surface area (Å²) < 4.78 is 5.42. The lowest BCUT2D eigenvalue weighted by Gasteiger charge is -2.29. The number of anilines is 1. The first-order valence-corrected chi connectivity index (χ1v) is 8.78. The summed E-state index contributed by atoms with van der Waals surface area (Å²) in [5.74, 6) is -0.208. The number of carbonyl (C=O) groups is 3. The maximum absolute atomic E-state index is 12.5. The molecule has 2 heterocycles. The van der Waals surface area contributed by atoms with Gasteiger partial charge in [0.25, 0.3) is 5.91 Å². The number of ketones is 1. The summed E-state index contributed by atoms with van der Waals surface area (Å²) in [6.07, 6.45) is 0. The van der Waals surface area contributed by atoms with Crippen molar-refractivity contribution in [2.75, 3.05) is 18.1 Å². The van der Waals surface area contributed by atoms with E-state index in [4.69, 9.17) is 4.74 Å². The lowest BCUT2D eigenvalue weighted by atomic mass is 10.1. The van der Waals surface area contributed by atoms with Gasteiger partial charge in [-0.25, -0.2) is 0 Å². The standard InChI is InChI=1S/C18H18N2O4S/c1-11(2)19-16(21)9-20-13-8-12(18(23)15-4-3-7-25-15)5-6-14(13)24-10-17(20)22/h3-8,11H,9-10H2,1-2H3,(H,19,21). The van der Waals surface area contributed by atoms with Gasteiger partial charge in [0.2, 0.25) is 11.7 Å². The molecule has 7 heteroatoms. The van der Waals surface area contributed by atoms with E-state index < -0.39 is 0 Å². The molecule has 0 unspecified atom stereocenters. The van der Waals surface area contributed by atoms with E-state index >= 15 is 0 Å². The molecule has 2 amide bonds. The van der Waals surface area contributed by atoms with Gasteiger partial charge in [-0.3, -0.25) is 19.3 Å². The van der Waals surface area contributed by atoms with Crippen LogP contribution in [0.1, 0.15) is 29.1 Å². The molecule has 1 aromatic carbocycles. The van der Waals surface area contributed by atoms with Crippen LogP contribution in [0.2, 0.25) is 0 Å². The number of amides is 2. The second-order valence-corrected chi connectivity index (χ2v) is 6.93. The first-order chi connectivity index (χ1) is 12.0. The molecule has 0 fully saturated rings. The van der Waals surface area contributed by atoms with Crippen LogP contribution < -0.4 is 15.0 Å². The van der Waals surface area contributed by atoms with E-state index in [1.54, 1.807) is 24.3 Å². The second-order valence-electron chi connectivity index (χ2n) is 5.98. The number of thiophene rings is 1. The average Bonchev–Trinajstić information content (AvgIpc) is 3.10. The van der Waals surface area contributed by atoms with Gasteiger partial charge in [-0.05, 0) is 43.5 Å². The highest BCUT2D eigenvalue weighted by Gasteiger charge is 2.28. The maximum Gasteiger partial charge on any atom is 0.265 e. The normalized spacial score (nSPS) is 13.4. The summed E-state index contributed by atoms with van der Waals surface area (Å²) in [6.45, 7) is 3.47. The molecule has 0 saturated carbocycles. The van der Waals surface area contributed by atoms with Gasteiger partial charge < -0.3 is 10.1 Å². The predicted molar refractivity (Wildman–Crippen MR) is 95.3 cm³/mol.